The van der Waals surface area contributed by atoms with Crippen LogP contribution in [-0.2, 0) is 42.9 Å². The van der Waals surface area contributed by atoms with Crippen LogP contribution in [0.4, 0.5) is 0 Å². The summed E-state index contributed by atoms with van der Waals surface area (Å²) in [6.45, 7) is 4.21. The van der Waals surface area contributed by atoms with Crippen LogP contribution in [0.1, 0.15) is 19.8 Å². The number of hydrogen-bond donors (Lipinski definition) is 0. The molecule has 2 bridgehead atoms. The monoisotopic (exact) mass is 376 g/mol. The third kappa shape index (κ3) is 4.79. The first-order valence-electron chi connectivity index (χ1n) is 7.63. The molecule has 4 unspecified atom stereocenters. The molecule has 0 N–H and O–H groups in total. The van der Waals surface area contributed by atoms with E-state index in [9.17, 15) is 22.8 Å². The molecule has 2 rings (SSSR count). The van der Waals surface area contributed by atoms with E-state index in [1.54, 1.807) is 0 Å². The maximum Gasteiger partial charge on any atom is 0.344 e. The minimum atomic E-state index is -3.74. The third-order valence-corrected chi connectivity index (χ3v) is 5.48. The Hall–Kier alpha value is -1.94. The van der Waals surface area contributed by atoms with Crippen molar-refractivity contribution in [1.29, 1.82) is 0 Å². The van der Waals surface area contributed by atoms with Gasteiger partial charge in [-0.15, -0.1) is 0 Å². The Kier molecular flexibility index (Phi) is 5.83. The fourth-order valence-corrected chi connectivity index (χ4v) is 4.59. The van der Waals surface area contributed by atoms with Crippen molar-refractivity contribution in [3.8, 4) is 0 Å². The van der Waals surface area contributed by atoms with Gasteiger partial charge in [-0.25, -0.2) is 9.59 Å². The van der Waals surface area contributed by atoms with Crippen LogP contribution in [0, 0.1) is 11.8 Å². The second-order valence-electron chi connectivity index (χ2n) is 6.13. The number of fused-ring (bicyclic) bond motifs is 2. The summed E-state index contributed by atoms with van der Waals surface area (Å²) in [5.41, 5.74) is 0.137. The lowest BCUT2D eigenvalue weighted by atomic mass is 10.0. The number of carbonyl (C=O) groups excluding carboxylic acids is 3. The van der Waals surface area contributed by atoms with Gasteiger partial charge in [-0.1, -0.05) is 6.58 Å². The molecule has 1 heterocycles. The number of hydrogen-bond acceptors (Lipinski definition) is 9. The van der Waals surface area contributed by atoms with E-state index in [1.165, 1.54) is 14.0 Å². The summed E-state index contributed by atoms with van der Waals surface area (Å²) < 4.78 is 43.2. The summed E-state index contributed by atoms with van der Waals surface area (Å²) in [5, 5.41) is 0. The standard InChI is InChI=1S/C15H20O9S/c1-8(2)15(18)22-6-12(17)23-13-10-4-9(5-11(16)21-3)14(13)24-25(19,20)7-10/h9-10,13-14H,1,4-7H2,2-3H3. The van der Waals surface area contributed by atoms with Crippen molar-refractivity contribution in [3.05, 3.63) is 12.2 Å². The van der Waals surface area contributed by atoms with Crippen molar-refractivity contribution >= 4 is 28.0 Å². The van der Waals surface area contributed by atoms with Crippen LogP contribution in [0.15, 0.2) is 12.2 Å². The summed E-state index contributed by atoms with van der Waals surface area (Å²) in [6, 6.07) is 0. The van der Waals surface area contributed by atoms with Gasteiger partial charge in [-0.3, -0.25) is 8.98 Å². The maximum absolute atomic E-state index is 11.9. The van der Waals surface area contributed by atoms with Crippen LogP contribution in [0.25, 0.3) is 0 Å². The second-order valence-corrected chi connectivity index (χ2v) is 7.77. The Morgan fingerprint density at radius 2 is 1.92 bits per heavy atom. The average Bonchev–Trinajstić information content (AvgIpc) is 2.72. The number of ether oxygens (including phenoxy) is 3. The maximum atomic E-state index is 11.9. The molecule has 0 radical (unpaired) electrons. The van der Waals surface area contributed by atoms with Gasteiger partial charge in [0.2, 0.25) is 0 Å². The molecule has 0 amide bonds. The molecule has 2 aliphatic rings. The van der Waals surface area contributed by atoms with Gasteiger partial charge in [-0.05, 0) is 13.3 Å². The van der Waals surface area contributed by atoms with Gasteiger partial charge in [-0.2, -0.15) is 8.42 Å². The predicted octanol–water partition coefficient (Wildman–Crippen LogP) is -0.0547. The van der Waals surface area contributed by atoms with Crippen LogP contribution < -0.4 is 0 Å². The minimum absolute atomic E-state index is 0.0358. The fraction of sp³-hybridized carbons (Fsp3) is 0.667. The van der Waals surface area contributed by atoms with E-state index in [-0.39, 0.29) is 17.7 Å². The van der Waals surface area contributed by atoms with Crippen molar-refractivity contribution in [2.45, 2.75) is 32.0 Å². The van der Waals surface area contributed by atoms with E-state index in [4.69, 9.17) is 13.7 Å². The van der Waals surface area contributed by atoms with Crippen molar-refractivity contribution in [2.24, 2.45) is 11.8 Å². The van der Waals surface area contributed by atoms with Crippen molar-refractivity contribution in [2.75, 3.05) is 19.5 Å². The Morgan fingerprint density at radius 3 is 2.52 bits per heavy atom. The van der Waals surface area contributed by atoms with Crippen LogP contribution in [0.3, 0.4) is 0 Å². The van der Waals surface area contributed by atoms with Crippen LogP contribution >= 0.6 is 0 Å². The summed E-state index contributed by atoms with van der Waals surface area (Å²) in [5.74, 6) is -3.28. The summed E-state index contributed by atoms with van der Waals surface area (Å²) >= 11 is 0. The molecule has 4 atom stereocenters. The van der Waals surface area contributed by atoms with Gasteiger partial charge in [0.05, 0.1) is 19.3 Å². The molecule has 25 heavy (non-hydrogen) atoms. The average molecular weight is 376 g/mol. The van der Waals surface area contributed by atoms with Gasteiger partial charge in [0.15, 0.2) is 6.61 Å². The quantitative estimate of drug-likeness (QED) is 0.272. The van der Waals surface area contributed by atoms with Crippen molar-refractivity contribution in [3.63, 3.8) is 0 Å². The zero-order valence-corrected chi connectivity index (χ0v) is 14.7. The molecule has 9 nitrogen and oxygen atoms in total. The highest BCUT2D eigenvalue weighted by atomic mass is 32.2. The number of carbonyl (C=O) groups is 3. The highest BCUT2D eigenvalue weighted by Crippen LogP contribution is 2.43. The summed E-state index contributed by atoms with van der Waals surface area (Å²) in [7, 11) is -2.51. The van der Waals surface area contributed by atoms with Gasteiger partial charge < -0.3 is 14.2 Å². The van der Waals surface area contributed by atoms with E-state index >= 15 is 0 Å². The lowest BCUT2D eigenvalue weighted by molar-refractivity contribution is -0.166. The van der Waals surface area contributed by atoms with Gasteiger partial charge in [0.25, 0.3) is 10.1 Å². The Morgan fingerprint density at radius 1 is 1.24 bits per heavy atom. The largest absolute Gasteiger partial charge is 0.469 e. The molecule has 0 aromatic rings. The fourth-order valence-electron chi connectivity index (χ4n) is 3.05. The molecule has 0 spiro atoms. The summed E-state index contributed by atoms with van der Waals surface area (Å²) in [6.07, 6.45) is -1.47. The lowest BCUT2D eigenvalue weighted by Crippen LogP contribution is -2.44. The Labute approximate surface area is 145 Å². The molecule has 2 fully saturated rings. The molecular weight excluding hydrogens is 356 g/mol. The first-order chi connectivity index (χ1) is 11.6. The Bertz CT molecular complexity index is 681. The van der Waals surface area contributed by atoms with E-state index in [0.29, 0.717) is 6.42 Å². The highest BCUT2D eigenvalue weighted by molar-refractivity contribution is 7.86. The Balaban J connectivity index is 2.02. The van der Waals surface area contributed by atoms with Gasteiger partial charge in [0.1, 0.15) is 12.2 Å². The minimum Gasteiger partial charge on any atom is -0.469 e. The molecule has 140 valence electrons. The topological polar surface area (TPSA) is 122 Å². The van der Waals surface area contributed by atoms with Crippen molar-refractivity contribution < 1.29 is 41.2 Å². The molecule has 1 aliphatic carbocycles. The van der Waals surface area contributed by atoms with E-state index in [2.05, 4.69) is 11.3 Å². The lowest BCUT2D eigenvalue weighted by Gasteiger charge is -2.30. The second kappa shape index (κ2) is 7.52. The van der Waals surface area contributed by atoms with Crippen molar-refractivity contribution in [1.82, 2.24) is 0 Å². The first-order valence-corrected chi connectivity index (χ1v) is 9.20. The van der Waals surface area contributed by atoms with E-state index in [1.807, 2.05) is 0 Å². The van der Waals surface area contributed by atoms with Gasteiger partial charge in [0, 0.05) is 17.4 Å². The molecule has 1 saturated heterocycles. The molecule has 0 aromatic carbocycles. The van der Waals surface area contributed by atoms with Crippen LogP contribution in [0.5, 0.6) is 0 Å². The molecular formula is C15H20O9S. The van der Waals surface area contributed by atoms with Gasteiger partial charge >= 0.3 is 17.9 Å². The van der Waals surface area contributed by atoms with Crippen LogP contribution in [-0.4, -0.2) is 58.0 Å². The molecule has 0 aromatic heterocycles. The first kappa shape index (κ1) is 19.4. The SMILES string of the molecule is C=C(C)C(=O)OCC(=O)OC1C2CC(CC(=O)OC)C1OS(=O)(=O)C2. The predicted molar refractivity (Wildman–Crippen MR) is 82.5 cm³/mol. The third-order valence-electron chi connectivity index (χ3n) is 4.13. The molecule has 10 heteroatoms. The number of rotatable bonds is 6. The zero-order valence-electron chi connectivity index (χ0n) is 13.9. The van der Waals surface area contributed by atoms with Crippen LogP contribution in [0.2, 0.25) is 0 Å². The smallest absolute Gasteiger partial charge is 0.344 e. The molecule has 1 saturated carbocycles. The number of methoxy groups -OCH3 is 1. The highest BCUT2D eigenvalue weighted by Gasteiger charge is 2.54. The zero-order chi connectivity index (χ0) is 18.8. The van der Waals surface area contributed by atoms with E-state index < -0.39 is 58.7 Å². The normalized spacial score (nSPS) is 29.5. The molecule has 1 aliphatic heterocycles. The summed E-state index contributed by atoms with van der Waals surface area (Å²) in [4.78, 5) is 34.7. The van der Waals surface area contributed by atoms with E-state index in [0.717, 1.165) is 0 Å². The number of esters is 3.